The summed E-state index contributed by atoms with van der Waals surface area (Å²) in [6.45, 7) is 5.65. The number of hydrogen-bond donors (Lipinski definition) is 1. The summed E-state index contributed by atoms with van der Waals surface area (Å²) in [5.74, 6) is -0.0428. The first-order valence-electron chi connectivity index (χ1n) is 7.14. The van der Waals surface area contributed by atoms with Gasteiger partial charge in [0, 0.05) is 13.5 Å². The van der Waals surface area contributed by atoms with Crippen LogP contribution in [0.15, 0.2) is 0 Å². The summed E-state index contributed by atoms with van der Waals surface area (Å²) in [7, 11) is 0. The van der Waals surface area contributed by atoms with Crippen molar-refractivity contribution in [2.45, 2.75) is 59.2 Å². The van der Waals surface area contributed by atoms with Crippen LogP contribution in [0.4, 0.5) is 4.79 Å². The summed E-state index contributed by atoms with van der Waals surface area (Å²) >= 11 is 0. The maximum absolute atomic E-state index is 11.5. The monoisotopic (exact) mass is 271 g/mol. The topological polar surface area (TPSA) is 64.6 Å². The van der Waals surface area contributed by atoms with Crippen LogP contribution in [0.3, 0.4) is 0 Å². The second-order valence-corrected chi connectivity index (χ2v) is 5.45. The molecule has 0 aromatic carbocycles. The van der Waals surface area contributed by atoms with E-state index in [0.29, 0.717) is 12.5 Å². The molecule has 1 aliphatic carbocycles. The molecule has 1 atom stereocenters. The normalized spacial score (nSPS) is 17.9. The Labute approximate surface area is 115 Å². The highest BCUT2D eigenvalue weighted by atomic mass is 16.7. The first-order valence-corrected chi connectivity index (χ1v) is 7.14. The van der Waals surface area contributed by atoms with Gasteiger partial charge in [0.05, 0.1) is 5.92 Å². The Hall–Kier alpha value is -1.26. The highest BCUT2D eigenvalue weighted by Gasteiger charge is 2.18. The number of nitrogens with one attached hydrogen (secondary N) is 1. The van der Waals surface area contributed by atoms with E-state index in [2.05, 4.69) is 5.32 Å². The van der Waals surface area contributed by atoms with Crippen molar-refractivity contribution in [3.63, 3.8) is 0 Å². The quantitative estimate of drug-likeness (QED) is 0.617. The lowest BCUT2D eigenvalue weighted by Crippen LogP contribution is -2.34. The number of esters is 1. The van der Waals surface area contributed by atoms with E-state index in [4.69, 9.17) is 9.47 Å². The standard InChI is InChI=1S/C14H25NO4/c1-10(2)13(16)18-11(3)19-14(17)15-9-12-7-5-4-6-8-12/h10-12H,4-9H2,1-3H3,(H,15,17)/t11-/m0/s1. The molecule has 1 N–H and O–H groups in total. The van der Waals surface area contributed by atoms with Crippen LogP contribution in [0, 0.1) is 11.8 Å². The molecule has 1 aliphatic rings. The molecule has 0 bridgehead atoms. The molecule has 0 unspecified atom stereocenters. The number of carbonyl (C=O) groups excluding carboxylic acids is 2. The molecule has 19 heavy (non-hydrogen) atoms. The van der Waals surface area contributed by atoms with Gasteiger partial charge >= 0.3 is 12.1 Å². The average molecular weight is 271 g/mol. The van der Waals surface area contributed by atoms with E-state index in [1.807, 2.05) is 0 Å². The zero-order valence-corrected chi connectivity index (χ0v) is 12.1. The van der Waals surface area contributed by atoms with Crippen LogP contribution in [0.25, 0.3) is 0 Å². The van der Waals surface area contributed by atoms with E-state index in [1.54, 1.807) is 20.8 Å². The van der Waals surface area contributed by atoms with Crippen molar-refractivity contribution in [1.82, 2.24) is 5.32 Å². The summed E-state index contributed by atoms with van der Waals surface area (Å²) < 4.78 is 9.92. The van der Waals surface area contributed by atoms with Crippen molar-refractivity contribution in [3.05, 3.63) is 0 Å². The van der Waals surface area contributed by atoms with Crippen molar-refractivity contribution in [1.29, 1.82) is 0 Å². The Morgan fingerprint density at radius 1 is 1.11 bits per heavy atom. The van der Waals surface area contributed by atoms with Crippen molar-refractivity contribution in [2.75, 3.05) is 6.54 Å². The number of alkyl carbamates (subject to hydrolysis) is 1. The van der Waals surface area contributed by atoms with E-state index in [9.17, 15) is 9.59 Å². The van der Waals surface area contributed by atoms with Crippen molar-refractivity contribution >= 4 is 12.1 Å². The van der Waals surface area contributed by atoms with Gasteiger partial charge in [-0.3, -0.25) is 4.79 Å². The van der Waals surface area contributed by atoms with Gasteiger partial charge in [0.15, 0.2) is 0 Å². The van der Waals surface area contributed by atoms with Crippen LogP contribution >= 0.6 is 0 Å². The second kappa shape index (κ2) is 8.02. The number of ether oxygens (including phenoxy) is 2. The van der Waals surface area contributed by atoms with Gasteiger partial charge in [-0.25, -0.2) is 4.79 Å². The molecule has 1 saturated carbocycles. The van der Waals surface area contributed by atoms with Crippen molar-refractivity contribution in [2.24, 2.45) is 11.8 Å². The van der Waals surface area contributed by atoms with Gasteiger partial charge in [-0.1, -0.05) is 33.1 Å². The Balaban J connectivity index is 2.17. The van der Waals surface area contributed by atoms with E-state index in [0.717, 1.165) is 12.8 Å². The van der Waals surface area contributed by atoms with Gasteiger partial charge in [-0.05, 0) is 18.8 Å². The summed E-state index contributed by atoms with van der Waals surface area (Å²) in [5, 5.41) is 2.73. The number of carbonyl (C=O) groups is 2. The van der Waals surface area contributed by atoms with Gasteiger partial charge in [0.1, 0.15) is 0 Å². The Kier molecular flexibility index (Phi) is 6.67. The van der Waals surface area contributed by atoms with E-state index < -0.39 is 12.4 Å². The molecular weight excluding hydrogens is 246 g/mol. The summed E-state index contributed by atoms with van der Waals surface area (Å²) in [5.41, 5.74) is 0. The van der Waals surface area contributed by atoms with Crippen molar-refractivity contribution in [3.8, 4) is 0 Å². The number of rotatable bonds is 5. The number of hydrogen-bond acceptors (Lipinski definition) is 4. The van der Waals surface area contributed by atoms with Crippen LogP contribution < -0.4 is 5.32 Å². The molecule has 0 heterocycles. The summed E-state index contributed by atoms with van der Waals surface area (Å²) in [6.07, 6.45) is 4.74. The predicted molar refractivity (Wildman–Crippen MR) is 71.5 cm³/mol. The highest BCUT2D eigenvalue weighted by molar-refractivity contribution is 5.72. The molecule has 0 aromatic rings. The van der Waals surface area contributed by atoms with E-state index in [-0.39, 0.29) is 11.9 Å². The molecule has 1 amide bonds. The third-order valence-electron chi connectivity index (χ3n) is 3.29. The molecule has 0 aliphatic heterocycles. The molecule has 110 valence electrons. The van der Waals surface area contributed by atoms with Gasteiger partial charge in [0.25, 0.3) is 0 Å². The Bertz CT molecular complexity index is 298. The summed E-state index contributed by atoms with van der Waals surface area (Å²) in [4.78, 5) is 22.8. The molecule has 1 fully saturated rings. The highest BCUT2D eigenvalue weighted by Crippen LogP contribution is 2.22. The van der Waals surface area contributed by atoms with Crippen LogP contribution in [-0.4, -0.2) is 24.9 Å². The summed E-state index contributed by atoms with van der Waals surface area (Å²) in [6, 6.07) is 0. The predicted octanol–water partition coefficient (Wildman–Crippen LogP) is 2.84. The third kappa shape index (κ3) is 6.45. The lowest BCUT2D eigenvalue weighted by molar-refractivity contribution is -0.168. The minimum atomic E-state index is -0.846. The van der Waals surface area contributed by atoms with E-state index >= 15 is 0 Å². The smallest absolute Gasteiger partial charge is 0.410 e. The molecule has 5 nitrogen and oxygen atoms in total. The first-order chi connectivity index (χ1) is 8.99. The van der Waals surface area contributed by atoms with E-state index in [1.165, 1.54) is 19.3 Å². The lowest BCUT2D eigenvalue weighted by Gasteiger charge is -2.22. The third-order valence-corrected chi connectivity index (χ3v) is 3.29. The van der Waals surface area contributed by atoms with Crippen LogP contribution in [0.5, 0.6) is 0 Å². The largest absolute Gasteiger partial charge is 0.425 e. The van der Waals surface area contributed by atoms with Gasteiger partial charge in [-0.2, -0.15) is 0 Å². The minimum Gasteiger partial charge on any atom is -0.425 e. The van der Waals surface area contributed by atoms with Gasteiger partial charge in [0.2, 0.25) is 6.29 Å². The fourth-order valence-electron chi connectivity index (χ4n) is 2.14. The first kappa shape index (κ1) is 15.8. The molecule has 0 aromatic heterocycles. The van der Waals surface area contributed by atoms with Crippen LogP contribution in [0.1, 0.15) is 52.9 Å². The molecule has 0 saturated heterocycles. The maximum atomic E-state index is 11.5. The fourth-order valence-corrected chi connectivity index (χ4v) is 2.14. The molecule has 0 radical (unpaired) electrons. The molecule has 0 spiro atoms. The lowest BCUT2D eigenvalue weighted by atomic mass is 9.89. The molecular formula is C14H25NO4. The second-order valence-electron chi connectivity index (χ2n) is 5.45. The maximum Gasteiger partial charge on any atom is 0.410 e. The van der Waals surface area contributed by atoms with Crippen LogP contribution in [0.2, 0.25) is 0 Å². The molecule has 5 heteroatoms. The molecule has 1 rings (SSSR count). The van der Waals surface area contributed by atoms with Crippen molar-refractivity contribution < 1.29 is 19.1 Å². The zero-order valence-electron chi connectivity index (χ0n) is 12.1. The zero-order chi connectivity index (χ0) is 14.3. The van der Waals surface area contributed by atoms with Crippen LogP contribution in [-0.2, 0) is 14.3 Å². The van der Waals surface area contributed by atoms with Gasteiger partial charge in [-0.15, -0.1) is 0 Å². The van der Waals surface area contributed by atoms with Gasteiger partial charge < -0.3 is 14.8 Å². The SMILES string of the molecule is CC(C)C(=O)O[C@H](C)OC(=O)NCC1CCCCC1. The fraction of sp³-hybridized carbons (Fsp3) is 0.857. The average Bonchev–Trinajstić information content (AvgIpc) is 2.37. The minimum absolute atomic E-state index is 0.226. The Morgan fingerprint density at radius 2 is 1.74 bits per heavy atom. The Morgan fingerprint density at radius 3 is 2.32 bits per heavy atom. The number of amides is 1.